The number of benzene rings is 1. The number of nitrogens with one attached hydrogen (secondary N) is 1. The molecule has 1 aliphatic carbocycles. The average Bonchev–Trinajstić information content (AvgIpc) is 2.54. The molecule has 0 radical (unpaired) electrons. The van der Waals surface area contributed by atoms with E-state index in [4.69, 9.17) is 0 Å². The lowest BCUT2D eigenvalue weighted by molar-refractivity contribution is 0.465. The zero-order chi connectivity index (χ0) is 15.5. The second-order valence-corrected chi connectivity index (χ2v) is 8.74. The second-order valence-electron chi connectivity index (χ2n) is 5.82. The SMILES string of the molecule is CCS(=O)C1CCCC(Nc2ccnc3cc(Br)ccc23)C1. The molecule has 3 rings (SSSR count). The van der Waals surface area contributed by atoms with Gasteiger partial charge in [0.1, 0.15) is 0 Å². The average molecular weight is 381 g/mol. The Labute approximate surface area is 142 Å². The van der Waals surface area contributed by atoms with E-state index < -0.39 is 10.8 Å². The topological polar surface area (TPSA) is 42.0 Å². The van der Waals surface area contributed by atoms with E-state index in [1.807, 2.05) is 31.3 Å². The van der Waals surface area contributed by atoms with Crippen LogP contribution in [0.3, 0.4) is 0 Å². The van der Waals surface area contributed by atoms with Gasteiger partial charge in [-0.3, -0.25) is 9.19 Å². The van der Waals surface area contributed by atoms with Gasteiger partial charge in [0.2, 0.25) is 0 Å². The normalized spacial score (nSPS) is 23.4. The van der Waals surface area contributed by atoms with E-state index in [9.17, 15) is 4.21 Å². The maximum absolute atomic E-state index is 12.1. The van der Waals surface area contributed by atoms with E-state index in [1.165, 1.54) is 0 Å². The predicted molar refractivity (Wildman–Crippen MR) is 97.8 cm³/mol. The lowest BCUT2D eigenvalue weighted by atomic mass is 9.94. The summed E-state index contributed by atoms with van der Waals surface area (Å²) in [6, 6.07) is 8.63. The Morgan fingerprint density at radius 3 is 3.05 bits per heavy atom. The quantitative estimate of drug-likeness (QED) is 0.849. The molecule has 1 heterocycles. The smallest absolute Gasteiger partial charge is 0.0733 e. The molecule has 1 aromatic heterocycles. The Balaban J connectivity index is 1.79. The fourth-order valence-corrected chi connectivity index (χ4v) is 4.91. The fourth-order valence-electron chi connectivity index (χ4n) is 3.22. The largest absolute Gasteiger partial charge is 0.382 e. The van der Waals surface area contributed by atoms with E-state index >= 15 is 0 Å². The molecule has 1 fully saturated rings. The summed E-state index contributed by atoms with van der Waals surface area (Å²) in [4.78, 5) is 4.43. The van der Waals surface area contributed by atoms with E-state index in [0.29, 0.717) is 11.3 Å². The molecular formula is C17H21BrN2OS. The lowest BCUT2D eigenvalue weighted by Gasteiger charge is -2.30. The van der Waals surface area contributed by atoms with E-state index in [0.717, 1.165) is 52.5 Å². The zero-order valence-electron chi connectivity index (χ0n) is 12.7. The van der Waals surface area contributed by atoms with Crippen molar-refractivity contribution in [1.82, 2.24) is 4.98 Å². The number of halogens is 1. The summed E-state index contributed by atoms with van der Waals surface area (Å²) in [5, 5.41) is 5.15. The lowest BCUT2D eigenvalue weighted by Crippen LogP contribution is -2.33. The molecule has 5 heteroatoms. The van der Waals surface area contributed by atoms with Gasteiger partial charge >= 0.3 is 0 Å². The van der Waals surface area contributed by atoms with Crippen LogP contribution >= 0.6 is 15.9 Å². The number of pyridine rings is 1. The van der Waals surface area contributed by atoms with Crippen molar-refractivity contribution >= 4 is 43.3 Å². The molecule has 1 aromatic carbocycles. The van der Waals surface area contributed by atoms with Crippen molar-refractivity contribution in [3.8, 4) is 0 Å². The van der Waals surface area contributed by atoms with Crippen LogP contribution in [0.5, 0.6) is 0 Å². The van der Waals surface area contributed by atoms with Crippen LogP contribution in [0.4, 0.5) is 5.69 Å². The zero-order valence-corrected chi connectivity index (χ0v) is 15.1. The first-order chi connectivity index (χ1) is 10.7. The van der Waals surface area contributed by atoms with Gasteiger partial charge in [-0.15, -0.1) is 0 Å². The van der Waals surface area contributed by atoms with Crippen molar-refractivity contribution in [3.63, 3.8) is 0 Å². The van der Waals surface area contributed by atoms with Gasteiger partial charge in [0, 0.05) is 49.6 Å². The first kappa shape index (κ1) is 15.9. The number of aromatic nitrogens is 1. The minimum absolute atomic E-state index is 0.346. The van der Waals surface area contributed by atoms with Crippen molar-refractivity contribution in [1.29, 1.82) is 0 Å². The molecule has 0 spiro atoms. The Morgan fingerprint density at radius 2 is 2.23 bits per heavy atom. The Kier molecular flexibility index (Phi) is 5.14. The van der Waals surface area contributed by atoms with E-state index in [2.05, 4.69) is 32.3 Å². The van der Waals surface area contributed by atoms with Gasteiger partial charge in [0.15, 0.2) is 0 Å². The summed E-state index contributed by atoms with van der Waals surface area (Å²) in [5.74, 6) is 0.767. The highest BCUT2D eigenvalue weighted by molar-refractivity contribution is 9.10. The van der Waals surface area contributed by atoms with Crippen LogP contribution in [0.25, 0.3) is 10.9 Å². The Morgan fingerprint density at radius 1 is 1.36 bits per heavy atom. The van der Waals surface area contributed by atoms with Crippen LogP contribution in [0.1, 0.15) is 32.6 Å². The molecule has 0 aliphatic heterocycles. The molecule has 1 N–H and O–H groups in total. The van der Waals surface area contributed by atoms with Gasteiger partial charge in [-0.25, -0.2) is 0 Å². The van der Waals surface area contributed by atoms with Crippen LogP contribution in [0, 0.1) is 0 Å². The summed E-state index contributed by atoms with van der Waals surface area (Å²) in [6.07, 6.45) is 6.26. The third-order valence-electron chi connectivity index (χ3n) is 4.35. The highest BCUT2D eigenvalue weighted by atomic mass is 79.9. The monoisotopic (exact) mass is 380 g/mol. The van der Waals surface area contributed by atoms with Crippen molar-refractivity contribution in [2.24, 2.45) is 0 Å². The molecule has 1 saturated carbocycles. The summed E-state index contributed by atoms with van der Waals surface area (Å²) in [6.45, 7) is 2.02. The van der Waals surface area contributed by atoms with Crippen LogP contribution in [0.2, 0.25) is 0 Å². The summed E-state index contributed by atoms with van der Waals surface area (Å²) < 4.78 is 13.1. The molecule has 118 valence electrons. The predicted octanol–water partition coefficient (Wildman–Crippen LogP) is 4.49. The molecule has 0 bridgehead atoms. The molecule has 0 amide bonds. The highest BCUT2D eigenvalue weighted by Crippen LogP contribution is 2.29. The standard InChI is InChI=1S/C17H21BrN2OS/c1-2-22(21)14-5-3-4-13(11-14)20-16-8-9-19-17-10-12(18)6-7-15(16)17/h6-10,13-14H,2-5,11H2,1H3,(H,19,20). The third kappa shape index (κ3) is 3.51. The van der Waals surface area contributed by atoms with E-state index in [-0.39, 0.29) is 0 Å². The molecule has 22 heavy (non-hydrogen) atoms. The van der Waals surface area contributed by atoms with Crippen molar-refractivity contribution < 1.29 is 4.21 Å². The molecule has 3 atom stereocenters. The molecule has 0 saturated heterocycles. The van der Waals surface area contributed by atoms with Gasteiger partial charge < -0.3 is 5.32 Å². The molecule has 2 aromatic rings. The number of hydrogen-bond acceptors (Lipinski definition) is 3. The van der Waals surface area contributed by atoms with Crippen LogP contribution in [0.15, 0.2) is 34.9 Å². The van der Waals surface area contributed by atoms with E-state index in [1.54, 1.807) is 0 Å². The number of fused-ring (bicyclic) bond motifs is 1. The van der Waals surface area contributed by atoms with Crippen LogP contribution in [-0.2, 0) is 10.8 Å². The van der Waals surface area contributed by atoms with Gasteiger partial charge in [-0.2, -0.15) is 0 Å². The number of nitrogens with zero attached hydrogens (tertiary/aromatic N) is 1. The van der Waals surface area contributed by atoms with Gasteiger partial charge in [-0.05, 0) is 43.5 Å². The van der Waals surface area contributed by atoms with Gasteiger partial charge in [0.25, 0.3) is 0 Å². The first-order valence-corrected chi connectivity index (χ1v) is 10.0. The summed E-state index contributed by atoms with van der Waals surface area (Å²) in [5.41, 5.74) is 2.12. The maximum atomic E-state index is 12.1. The van der Waals surface area contributed by atoms with Gasteiger partial charge in [-0.1, -0.05) is 29.3 Å². The van der Waals surface area contributed by atoms with Crippen LogP contribution < -0.4 is 5.32 Å². The van der Waals surface area contributed by atoms with Crippen molar-refractivity contribution in [2.75, 3.05) is 11.1 Å². The number of rotatable bonds is 4. The third-order valence-corrected chi connectivity index (χ3v) is 6.58. The Bertz CT molecular complexity index is 691. The minimum Gasteiger partial charge on any atom is -0.382 e. The molecule has 3 unspecified atom stereocenters. The fraction of sp³-hybridized carbons (Fsp3) is 0.471. The minimum atomic E-state index is -0.681. The van der Waals surface area contributed by atoms with Crippen LogP contribution in [-0.4, -0.2) is 26.2 Å². The number of anilines is 1. The summed E-state index contributed by atoms with van der Waals surface area (Å²) in [7, 11) is -0.681. The second kappa shape index (κ2) is 7.09. The molecule has 1 aliphatic rings. The molecular weight excluding hydrogens is 360 g/mol. The maximum Gasteiger partial charge on any atom is 0.0733 e. The summed E-state index contributed by atoms with van der Waals surface area (Å²) >= 11 is 3.49. The highest BCUT2D eigenvalue weighted by Gasteiger charge is 2.25. The molecule has 3 nitrogen and oxygen atoms in total. The first-order valence-electron chi connectivity index (χ1n) is 7.85. The van der Waals surface area contributed by atoms with Gasteiger partial charge in [0.05, 0.1) is 5.52 Å². The number of hydrogen-bond donors (Lipinski definition) is 1. The van der Waals surface area contributed by atoms with Crippen molar-refractivity contribution in [2.45, 2.75) is 43.9 Å². The Hall–Kier alpha value is -0.940. The van der Waals surface area contributed by atoms with Crippen molar-refractivity contribution in [3.05, 3.63) is 34.9 Å².